The van der Waals surface area contributed by atoms with Crippen molar-refractivity contribution in [2.75, 3.05) is 43.5 Å². The minimum absolute atomic E-state index is 0.225. The maximum Gasteiger partial charge on any atom is 0.240 e. The van der Waals surface area contributed by atoms with E-state index in [0.717, 1.165) is 12.2 Å². The van der Waals surface area contributed by atoms with E-state index in [9.17, 15) is 8.42 Å². The van der Waals surface area contributed by atoms with Crippen LogP contribution in [0.25, 0.3) is 0 Å². The Bertz CT molecular complexity index is 546. The third kappa shape index (κ3) is 4.87. The molecule has 0 heterocycles. The van der Waals surface area contributed by atoms with Crippen LogP contribution in [0, 0.1) is 0 Å². The van der Waals surface area contributed by atoms with Crippen LogP contribution in [-0.4, -0.2) is 41.3 Å². The molecule has 0 aliphatic heterocycles. The van der Waals surface area contributed by atoms with Crippen LogP contribution >= 0.6 is 0 Å². The number of nitrogens with zero attached hydrogens (tertiary/aromatic N) is 1. The predicted octanol–water partition coefficient (Wildman–Crippen LogP) is 1.43. The number of nitrogens with one attached hydrogen (secondary N) is 1. The van der Waals surface area contributed by atoms with E-state index < -0.39 is 10.0 Å². The first-order chi connectivity index (χ1) is 9.96. The molecule has 1 aromatic carbocycles. The lowest BCUT2D eigenvalue weighted by atomic mass is 10.2. The molecule has 3 N–H and O–H groups in total. The van der Waals surface area contributed by atoms with Gasteiger partial charge in [0.25, 0.3) is 0 Å². The van der Waals surface area contributed by atoms with Crippen molar-refractivity contribution in [3.63, 3.8) is 0 Å². The second-order valence-electron chi connectivity index (χ2n) is 4.50. The lowest BCUT2D eigenvalue weighted by Gasteiger charge is -2.25. The van der Waals surface area contributed by atoms with E-state index in [1.165, 1.54) is 6.07 Å². The van der Waals surface area contributed by atoms with E-state index in [0.29, 0.717) is 32.0 Å². The largest absolute Gasteiger partial charge is 0.397 e. The fraction of sp³-hybridized carbons (Fsp3) is 0.571. The number of anilines is 2. The lowest BCUT2D eigenvalue weighted by molar-refractivity contribution is 0.154. The highest BCUT2D eigenvalue weighted by Crippen LogP contribution is 2.26. The number of benzene rings is 1. The van der Waals surface area contributed by atoms with Crippen LogP contribution in [0.3, 0.4) is 0 Å². The monoisotopic (exact) mass is 315 g/mol. The van der Waals surface area contributed by atoms with Crippen molar-refractivity contribution in [1.29, 1.82) is 0 Å². The van der Waals surface area contributed by atoms with E-state index in [4.69, 9.17) is 10.5 Å². The highest BCUT2D eigenvalue weighted by Gasteiger charge is 2.16. The minimum Gasteiger partial charge on any atom is -0.397 e. The molecule has 120 valence electrons. The van der Waals surface area contributed by atoms with E-state index in [1.807, 2.05) is 18.7 Å². The van der Waals surface area contributed by atoms with Crippen molar-refractivity contribution in [3.05, 3.63) is 18.2 Å². The number of nitrogens with two attached hydrogens (primary N) is 1. The highest BCUT2D eigenvalue weighted by molar-refractivity contribution is 7.89. The molecule has 21 heavy (non-hydrogen) atoms. The van der Waals surface area contributed by atoms with E-state index in [2.05, 4.69) is 4.72 Å². The first kappa shape index (κ1) is 17.7. The van der Waals surface area contributed by atoms with E-state index >= 15 is 0 Å². The topological polar surface area (TPSA) is 84.7 Å². The lowest BCUT2D eigenvalue weighted by Crippen LogP contribution is -2.29. The van der Waals surface area contributed by atoms with Crippen molar-refractivity contribution < 1.29 is 13.2 Å². The molecule has 6 nitrogen and oxygen atoms in total. The van der Waals surface area contributed by atoms with E-state index in [1.54, 1.807) is 19.1 Å². The van der Waals surface area contributed by atoms with Crippen molar-refractivity contribution in [3.8, 4) is 0 Å². The maximum atomic E-state index is 12.1. The molecule has 0 atom stereocenters. The molecule has 0 radical (unpaired) electrons. The van der Waals surface area contributed by atoms with Gasteiger partial charge in [-0.2, -0.15) is 0 Å². The standard InChI is InChI=1S/C14H25N3O3S/c1-4-16-21(18,19)12-7-8-13(15)14(11-12)17(5-2)9-10-20-6-3/h7-8,11,16H,4-6,9-10,15H2,1-3H3. The van der Waals surface area contributed by atoms with Crippen molar-refractivity contribution in [1.82, 2.24) is 4.72 Å². The summed E-state index contributed by atoms with van der Waals surface area (Å²) in [7, 11) is -3.48. The molecule has 0 saturated carbocycles. The summed E-state index contributed by atoms with van der Waals surface area (Å²) in [6.07, 6.45) is 0. The SMILES string of the molecule is CCNS(=O)(=O)c1ccc(N)c(N(CC)CCOCC)c1. The summed E-state index contributed by atoms with van der Waals surface area (Å²) < 4.78 is 32.0. The summed E-state index contributed by atoms with van der Waals surface area (Å²) in [5, 5.41) is 0. The maximum absolute atomic E-state index is 12.1. The van der Waals surface area contributed by atoms with Gasteiger partial charge in [-0.05, 0) is 32.0 Å². The normalized spacial score (nSPS) is 11.6. The number of ether oxygens (including phenoxy) is 1. The Hall–Kier alpha value is -1.31. The first-order valence-corrected chi connectivity index (χ1v) is 8.66. The molecular formula is C14H25N3O3S. The van der Waals surface area contributed by atoms with Crippen LogP contribution in [0.2, 0.25) is 0 Å². The number of hydrogen-bond donors (Lipinski definition) is 2. The van der Waals surface area contributed by atoms with Crippen LogP contribution in [0.1, 0.15) is 20.8 Å². The number of hydrogen-bond acceptors (Lipinski definition) is 5. The average molecular weight is 315 g/mol. The summed E-state index contributed by atoms with van der Waals surface area (Å²) in [6, 6.07) is 4.76. The van der Waals surface area contributed by atoms with Crippen LogP contribution in [0.5, 0.6) is 0 Å². The summed E-state index contributed by atoms with van der Waals surface area (Å²) in [5.74, 6) is 0. The quantitative estimate of drug-likeness (QED) is 0.532. The fourth-order valence-corrected chi connectivity index (χ4v) is 3.07. The van der Waals surface area contributed by atoms with Gasteiger partial charge < -0.3 is 15.4 Å². The Morgan fingerprint density at radius 2 is 2.00 bits per heavy atom. The minimum atomic E-state index is -3.48. The molecule has 0 fully saturated rings. The number of nitrogen functional groups attached to an aromatic ring is 1. The van der Waals surface area contributed by atoms with Crippen molar-refractivity contribution in [2.24, 2.45) is 0 Å². The molecule has 0 bridgehead atoms. The second-order valence-corrected chi connectivity index (χ2v) is 6.27. The molecule has 0 aliphatic carbocycles. The molecule has 7 heteroatoms. The second kappa shape index (κ2) is 8.21. The number of sulfonamides is 1. The summed E-state index contributed by atoms with van der Waals surface area (Å²) in [4.78, 5) is 2.24. The summed E-state index contributed by atoms with van der Waals surface area (Å²) in [5.41, 5.74) is 7.27. The molecule has 1 rings (SSSR count). The van der Waals surface area contributed by atoms with Gasteiger partial charge in [0.15, 0.2) is 0 Å². The average Bonchev–Trinajstić information content (AvgIpc) is 2.44. The molecule has 0 unspecified atom stereocenters. The van der Waals surface area contributed by atoms with Gasteiger partial charge in [-0.25, -0.2) is 13.1 Å². The van der Waals surface area contributed by atoms with Gasteiger partial charge in [0.2, 0.25) is 10.0 Å². The molecule has 1 aromatic rings. The van der Waals surface area contributed by atoms with Gasteiger partial charge in [-0.3, -0.25) is 0 Å². The van der Waals surface area contributed by atoms with Gasteiger partial charge in [0.05, 0.1) is 22.9 Å². The molecular weight excluding hydrogens is 290 g/mol. The van der Waals surface area contributed by atoms with Gasteiger partial charge >= 0.3 is 0 Å². The van der Waals surface area contributed by atoms with Crippen LogP contribution in [0.4, 0.5) is 11.4 Å². The molecule has 0 saturated heterocycles. The third-order valence-electron chi connectivity index (χ3n) is 3.08. The Balaban J connectivity index is 3.05. The predicted molar refractivity (Wildman–Crippen MR) is 86.1 cm³/mol. The zero-order valence-electron chi connectivity index (χ0n) is 12.9. The number of rotatable bonds is 9. The van der Waals surface area contributed by atoms with Crippen LogP contribution in [0.15, 0.2) is 23.1 Å². The van der Waals surface area contributed by atoms with Crippen molar-refractivity contribution >= 4 is 21.4 Å². The van der Waals surface area contributed by atoms with Gasteiger partial charge in [-0.1, -0.05) is 6.92 Å². The number of likely N-dealkylation sites (N-methyl/N-ethyl adjacent to an activating group) is 1. The molecule has 0 amide bonds. The molecule has 0 aromatic heterocycles. The smallest absolute Gasteiger partial charge is 0.240 e. The summed E-state index contributed by atoms with van der Waals surface area (Å²) in [6.45, 7) is 8.66. The zero-order chi connectivity index (χ0) is 15.9. The van der Waals surface area contributed by atoms with Crippen LogP contribution in [-0.2, 0) is 14.8 Å². The van der Waals surface area contributed by atoms with Gasteiger partial charge in [-0.15, -0.1) is 0 Å². The Morgan fingerprint density at radius 3 is 2.57 bits per heavy atom. The van der Waals surface area contributed by atoms with Crippen LogP contribution < -0.4 is 15.4 Å². The Labute approximate surface area is 127 Å². The Kier molecular flexibility index (Phi) is 6.94. The summed E-state index contributed by atoms with van der Waals surface area (Å²) >= 11 is 0. The highest BCUT2D eigenvalue weighted by atomic mass is 32.2. The van der Waals surface area contributed by atoms with Gasteiger partial charge in [0.1, 0.15) is 0 Å². The van der Waals surface area contributed by atoms with Crippen molar-refractivity contribution in [2.45, 2.75) is 25.7 Å². The van der Waals surface area contributed by atoms with Gasteiger partial charge in [0, 0.05) is 26.2 Å². The third-order valence-corrected chi connectivity index (χ3v) is 4.62. The Morgan fingerprint density at radius 1 is 1.29 bits per heavy atom. The fourth-order valence-electron chi connectivity index (χ4n) is 2.01. The van der Waals surface area contributed by atoms with E-state index in [-0.39, 0.29) is 4.90 Å². The zero-order valence-corrected chi connectivity index (χ0v) is 13.7. The first-order valence-electron chi connectivity index (χ1n) is 7.18. The molecule has 0 aliphatic rings. The molecule has 0 spiro atoms.